The first kappa shape index (κ1) is 18.8. The first-order valence-corrected chi connectivity index (χ1v) is 9.68. The number of halogens is 1. The van der Waals surface area contributed by atoms with E-state index in [1.54, 1.807) is 11.3 Å². The third-order valence-electron chi connectivity index (χ3n) is 4.19. The number of urea groups is 1. The normalized spacial score (nSPS) is 17.7. The van der Waals surface area contributed by atoms with Crippen LogP contribution >= 0.6 is 22.9 Å². The molecule has 8 heteroatoms. The van der Waals surface area contributed by atoms with Crippen molar-refractivity contribution in [2.45, 2.75) is 12.6 Å². The standard InChI is InChI=1S/C18H21ClN4O2S/c19-14-4-1-3-13(9-14)16-11-20-6-7-23(16)12-17(24)22-18(25)21-10-15-5-2-8-26-15/h1-5,8-9,16,20H,6-7,10-12H2,(H2,21,22,24,25). The van der Waals surface area contributed by atoms with Gasteiger partial charge in [-0.15, -0.1) is 11.3 Å². The molecule has 1 aromatic carbocycles. The van der Waals surface area contributed by atoms with Crippen molar-refractivity contribution in [3.8, 4) is 0 Å². The van der Waals surface area contributed by atoms with Crippen molar-refractivity contribution in [3.63, 3.8) is 0 Å². The number of carbonyl (C=O) groups excluding carboxylic acids is 2. The molecule has 1 aliphatic rings. The summed E-state index contributed by atoms with van der Waals surface area (Å²) in [7, 11) is 0. The Bertz CT molecular complexity index is 753. The quantitative estimate of drug-likeness (QED) is 0.730. The summed E-state index contributed by atoms with van der Waals surface area (Å²) in [6.07, 6.45) is 0. The van der Waals surface area contributed by atoms with Crippen LogP contribution in [-0.2, 0) is 11.3 Å². The second-order valence-corrected chi connectivity index (χ2v) is 7.52. The highest BCUT2D eigenvalue weighted by Crippen LogP contribution is 2.24. The lowest BCUT2D eigenvalue weighted by molar-refractivity contribution is -0.122. The van der Waals surface area contributed by atoms with Crippen LogP contribution in [-0.4, -0.2) is 43.0 Å². The van der Waals surface area contributed by atoms with Crippen molar-refractivity contribution in [1.29, 1.82) is 0 Å². The van der Waals surface area contributed by atoms with Crippen LogP contribution in [0.2, 0.25) is 5.02 Å². The van der Waals surface area contributed by atoms with E-state index >= 15 is 0 Å². The number of nitrogens with zero attached hydrogens (tertiary/aromatic N) is 1. The average molecular weight is 393 g/mol. The Hall–Kier alpha value is -1.93. The summed E-state index contributed by atoms with van der Waals surface area (Å²) in [6, 6.07) is 11.1. The van der Waals surface area contributed by atoms with Gasteiger partial charge in [0.1, 0.15) is 0 Å². The summed E-state index contributed by atoms with van der Waals surface area (Å²) < 4.78 is 0. The van der Waals surface area contributed by atoms with Crippen molar-refractivity contribution in [3.05, 3.63) is 57.2 Å². The van der Waals surface area contributed by atoms with Crippen LogP contribution in [0.5, 0.6) is 0 Å². The van der Waals surface area contributed by atoms with Crippen molar-refractivity contribution in [2.24, 2.45) is 0 Å². The molecule has 1 saturated heterocycles. The molecule has 138 valence electrons. The Morgan fingerprint density at radius 2 is 2.19 bits per heavy atom. The van der Waals surface area contributed by atoms with Gasteiger partial charge in [0, 0.05) is 35.6 Å². The summed E-state index contributed by atoms with van der Waals surface area (Å²) in [5.41, 5.74) is 1.06. The molecule has 1 aliphatic heterocycles. The number of amides is 3. The van der Waals surface area contributed by atoms with Gasteiger partial charge in [0.15, 0.2) is 0 Å². The summed E-state index contributed by atoms with van der Waals surface area (Å²) in [5, 5.41) is 11.1. The van der Waals surface area contributed by atoms with Crippen molar-refractivity contribution < 1.29 is 9.59 Å². The van der Waals surface area contributed by atoms with E-state index in [0.717, 1.165) is 30.1 Å². The van der Waals surface area contributed by atoms with Crippen molar-refractivity contribution in [2.75, 3.05) is 26.2 Å². The third-order valence-corrected chi connectivity index (χ3v) is 5.30. The minimum atomic E-state index is -0.474. The van der Waals surface area contributed by atoms with E-state index in [0.29, 0.717) is 11.6 Å². The molecule has 2 heterocycles. The molecular weight excluding hydrogens is 372 g/mol. The lowest BCUT2D eigenvalue weighted by Gasteiger charge is -2.36. The highest BCUT2D eigenvalue weighted by atomic mass is 35.5. The monoisotopic (exact) mass is 392 g/mol. The van der Waals surface area contributed by atoms with Gasteiger partial charge in [0.2, 0.25) is 5.91 Å². The number of rotatable bonds is 5. The molecule has 1 fully saturated rings. The van der Waals surface area contributed by atoms with Gasteiger partial charge in [-0.2, -0.15) is 0 Å². The highest BCUT2D eigenvalue weighted by Gasteiger charge is 2.26. The zero-order valence-electron chi connectivity index (χ0n) is 14.2. The van der Waals surface area contributed by atoms with E-state index in [-0.39, 0.29) is 18.5 Å². The summed E-state index contributed by atoms with van der Waals surface area (Å²) in [4.78, 5) is 27.3. The van der Waals surface area contributed by atoms with Gasteiger partial charge in [0.05, 0.1) is 13.1 Å². The summed E-state index contributed by atoms with van der Waals surface area (Å²) in [6.45, 7) is 2.83. The maximum absolute atomic E-state index is 12.3. The Balaban J connectivity index is 1.53. The predicted molar refractivity (Wildman–Crippen MR) is 103 cm³/mol. The maximum Gasteiger partial charge on any atom is 0.321 e. The van der Waals surface area contributed by atoms with Gasteiger partial charge in [0.25, 0.3) is 0 Å². The van der Waals surface area contributed by atoms with E-state index < -0.39 is 6.03 Å². The largest absolute Gasteiger partial charge is 0.333 e. The number of imide groups is 1. The molecule has 0 radical (unpaired) electrons. The van der Waals surface area contributed by atoms with E-state index in [1.165, 1.54) is 0 Å². The zero-order valence-corrected chi connectivity index (χ0v) is 15.8. The van der Waals surface area contributed by atoms with Gasteiger partial charge in [-0.05, 0) is 29.1 Å². The molecular formula is C18H21ClN4O2S. The van der Waals surface area contributed by atoms with E-state index in [1.807, 2.05) is 41.8 Å². The first-order valence-electron chi connectivity index (χ1n) is 8.42. The van der Waals surface area contributed by atoms with Crippen LogP contribution in [0.15, 0.2) is 41.8 Å². The Labute approximate surface area is 161 Å². The number of piperazine rings is 1. The van der Waals surface area contributed by atoms with Gasteiger partial charge >= 0.3 is 6.03 Å². The first-order chi connectivity index (χ1) is 12.6. The topological polar surface area (TPSA) is 73.5 Å². The SMILES string of the molecule is O=C(CN1CCNCC1c1cccc(Cl)c1)NC(=O)NCc1cccs1. The fourth-order valence-corrected chi connectivity index (χ4v) is 3.80. The fourth-order valence-electron chi connectivity index (χ4n) is 2.95. The molecule has 0 aliphatic carbocycles. The smallest absolute Gasteiger partial charge is 0.321 e. The van der Waals surface area contributed by atoms with Crippen LogP contribution in [0.4, 0.5) is 4.79 Å². The average Bonchev–Trinajstić information content (AvgIpc) is 3.14. The van der Waals surface area contributed by atoms with Gasteiger partial charge in [-0.1, -0.05) is 29.8 Å². The maximum atomic E-state index is 12.3. The Morgan fingerprint density at radius 1 is 1.31 bits per heavy atom. The zero-order chi connectivity index (χ0) is 18.4. The Kier molecular flexibility index (Phi) is 6.62. The molecule has 0 saturated carbocycles. The second kappa shape index (κ2) is 9.14. The van der Waals surface area contributed by atoms with E-state index in [4.69, 9.17) is 11.6 Å². The number of carbonyl (C=O) groups is 2. The number of nitrogens with one attached hydrogen (secondary N) is 3. The molecule has 1 aromatic heterocycles. The molecule has 6 nitrogen and oxygen atoms in total. The van der Waals surface area contributed by atoms with Crippen LogP contribution in [0.25, 0.3) is 0 Å². The summed E-state index contributed by atoms with van der Waals surface area (Å²) >= 11 is 7.65. The van der Waals surface area contributed by atoms with Crippen LogP contribution in [0, 0.1) is 0 Å². The molecule has 0 spiro atoms. The molecule has 0 bridgehead atoms. The molecule has 3 amide bonds. The lowest BCUT2D eigenvalue weighted by Crippen LogP contribution is -2.51. The number of benzene rings is 1. The van der Waals surface area contributed by atoms with Gasteiger partial charge in [-0.3, -0.25) is 15.0 Å². The number of hydrogen-bond donors (Lipinski definition) is 3. The third kappa shape index (κ3) is 5.28. The minimum Gasteiger partial charge on any atom is -0.333 e. The van der Waals surface area contributed by atoms with E-state index in [2.05, 4.69) is 20.9 Å². The molecule has 3 rings (SSSR count). The number of hydrogen-bond acceptors (Lipinski definition) is 5. The van der Waals surface area contributed by atoms with Crippen molar-refractivity contribution >= 4 is 34.9 Å². The number of thiophene rings is 1. The van der Waals surface area contributed by atoms with Crippen LogP contribution in [0.1, 0.15) is 16.5 Å². The molecule has 1 unspecified atom stereocenters. The Morgan fingerprint density at radius 3 is 2.96 bits per heavy atom. The van der Waals surface area contributed by atoms with Crippen molar-refractivity contribution in [1.82, 2.24) is 20.9 Å². The van der Waals surface area contributed by atoms with Gasteiger partial charge < -0.3 is 10.6 Å². The van der Waals surface area contributed by atoms with Gasteiger partial charge in [-0.25, -0.2) is 4.79 Å². The fraction of sp³-hybridized carbons (Fsp3) is 0.333. The summed E-state index contributed by atoms with van der Waals surface area (Å²) in [5.74, 6) is -0.317. The molecule has 1 atom stereocenters. The van der Waals surface area contributed by atoms with Crippen LogP contribution in [0.3, 0.4) is 0 Å². The highest BCUT2D eigenvalue weighted by molar-refractivity contribution is 7.09. The predicted octanol–water partition coefficient (Wildman–Crippen LogP) is 2.37. The lowest BCUT2D eigenvalue weighted by atomic mass is 10.0. The second-order valence-electron chi connectivity index (χ2n) is 6.06. The molecule has 26 heavy (non-hydrogen) atoms. The van der Waals surface area contributed by atoms with E-state index in [9.17, 15) is 9.59 Å². The minimum absolute atomic E-state index is 0.0439. The molecule has 2 aromatic rings. The van der Waals surface area contributed by atoms with Crippen LogP contribution < -0.4 is 16.0 Å². The molecule has 3 N–H and O–H groups in total.